The number of rotatable bonds is 5. The van der Waals surface area contributed by atoms with Gasteiger partial charge in [0.25, 0.3) is 0 Å². The third-order valence-electron chi connectivity index (χ3n) is 6.52. The Balaban J connectivity index is 1.18. The molecule has 2 aliphatic heterocycles. The molecule has 0 radical (unpaired) electrons. The second kappa shape index (κ2) is 9.70. The van der Waals surface area contributed by atoms with E-state index in [2.05, 4.69) is 53.3 Å². The van der Waals surface area contributed by atoms with Crippen molar-refractivity contribution in [1.29, 1.82) is 0 Å². The number of fused-ring (bicyclic) bond motifs is 1. The number of anilines is 1. The maximum absolute atomic E-state index is 13.0. The first-order valence-electron chi connectivity index (χ1n) is 12.2. The number of ether oxygens (including phenoxy) is 2. The summed E-state index contributed by atoms with van der Waals surface area (Å²) in [5.41, 5.74) is 3.01. The van der Waals surface area contributed by atoms with Gasteiger partial charge in [-0.1, -0.05) is 50.2 Å². The molecule has 1 unspecified atom stereocenters. The molecule has 3 aromatic rings. The van der Waals surface area contributed by atoms with E-state index in [1.54, 1.807) is 0 Å². The van der Waals surface area contributed by atoms with Gasteiger partial charge in [-0.05, 0) is 42.5 Å². The van der Waals surface area contributed by atoms with E-state index in [4.69, 9.17) is 14.0 Å². The van der Waals surface area contributed by atoms with Gasteiger partial charge in [0.2, 0.25) is 17.6 Å². The van der Waals surface area contributed by atoms with Crippen LogP contribution in [0.5, 0.6) is 11.5 Å². The third kappa shape index (κ3) is 5.48. The lowest BCUT2D eigenvalue weighted by Crippen LogP contribution is -2.40. The summed E-state index contributed by atoms with van der Waals surface area (Å²) in [6, 6.07) is 13.8. The summed E-state index contributed by atoms with van der Waals surface area (Å²) >= 11 is 0. The van der Waals surface area contributed by atoms with Crippen molar-refractivity contribution in [3.8, 4) is 22.9 Å². The average molecular weight is 477 g/mol. The van der Waals surface area contributed by atoms with Crippen LogP contribution >= 0.6 is 0 Å². The SMILES string of the molecule is CC(C)(C)c1ccc(-c2noc(CN3CCCC(C(=O)Nc4ccc5c(c4)OCCO5)C3)n2)cc1. The Bertz CT molecular complexity index is 1180. The fourth-order valence-electron chi connectivity index (χ4n) is 4.53. The van der Waals surface area contributed by atoms with Gasteiger partial charge < -0.3 is 19.3 Å². The number of aromatic nitrogens is 2. The molecule has 184 valence electrons. The van der Waals surface area contributed by atoms with Gasteiger partial charge in [-0.2, -0.15) is 4.98 Å². The Labute approximate surface area is 205 Å². The van der Waals surface area contributed by atoms with Gasteiger partial charge in [0, 0.05) is 23.9 Å². The molecule has 0 saturated carbocycles. The number of piperidine rings is 1. The summed E-state index contributed by atoms with van der Waals surface area (Å²) in [6.45, 7) is 9.70. The number of carbonyl (C=O) groups excluding carboxylic acids is 1. The molecule has 8 heteroatoms. The van der Waals surface area contributed by atoms with E-state index >= 15 is 0 Å². The minimum atomic E-state index is -0.107. The molecule has 1 fully saturated rings. The molecule has 1 atom stereocenters. The number of likely N-dealkylation sites (tertiary alicyclic amines) is 1. The van der Waals surface area contributed by atoms with E-state index in [1.165, 1.54) is 5.56 Å². The lowest BCUT2D eigenvalue weighted by atomic mass is 9.87. The van der Waals surface area contributed by atoms with Gasteiger partial charge in [-0.3, -0.25) is 9.69 Å². The van der Waals surface area contributed by atoms with Crippen molar-refractivity contribution >= 4 is 11.6 Å². The van der Waals surface area contributed by atoms with Crippen molar-refractivity contribution in [2.45, 2.75) is 45.6 Å². The van der Waals surface area contributed by atoms with Crippen LogP contribution in [0.15, 0.2) is 47.0 Å². The third-order valence-corrected chi connectivity index (χ3v) is 6.52. The first-order valence-corrected chi connectivity index (χ1v) is 12.2. The monoisotopic (exact) mass is 476 g/mol. The largest absolute Gasteiger partial charge is 0.486 e. The number of hydrogen-bond donors (Lipinski definition) is 1. The zero-order valence-electron chi connectivity index (χ0n) is 20.5. The van der Waals surface area contributed by atoms with Crippen LogP contribution in [0.4, 0.5) is 5.69 Å². The van der Waals surface area contributed by atoms with Crippen LogP contribution in [0.2, 0.25) is 0 Å². The molecule has 0 bridgehead atoms. The summed E-state index contributed by atoms with van der Waals surface area (Å²) in [5, 5.41) is 7.21. The lowest BCUT2D eigenvalue weighted by Gasteiger charge is -2.31. The zero-order chi connectivity index (χ0) is 24.4. The van der Waals surface area contributed by atoms with Crippen LogP contribution in [-0.2, 0) is 16.8 Å². The summed E-state index contributed by atoms with van der Waals surface area (Å²) in [4.78, 5) is 19.8. The Morgan fingerprint density at radius 2 is 1.86 bits per heavy atom. The second-order valence-electron chi connectivity index (χ2n) is 10.3. The molecule has 2 aromatic carbocycles. The quantitative estimate of drug-likeness (QED) is 0.573. The molecular formula is C27H32N4O4. The van der Waals surface area contributed by atoms with Crippen molar-refractivity contribution in [2.75, 3.05) is 31.6 Å². The Morgan fingerprint density at radius 1 is 1.09 bits per heavy atom. The van der Waals surface area contributed by atoms with Gasteiger partial charge in [0.1, 0.15) is 13.2 Å². The number of hydrogen-bond acceptors (Lipinski definition) is 7. The zero-order valence-corrected chi connectivity index (χ0v) is 20.5. The van der Waals surface area contributed by atoms with E-state index in [9.17, 15) is 4.79 Å². The van der Waals surface area contributed by atoms with E-state index in [-0.39, 0.29) is 17.2 Å². The highest BCUT2D eigenvalue weighted by Crippen LogP contribution is 2.33. The Kier molecular flexibility index (Phi) is 6.47. The second-order valence-corrected chi connectivity index (χ2v) is 10.3. The van der Waals surface area contributed by atoms with Crippen LogP contribution in [0.1, 0.15) is 45.1 Å². The molecule has 5 rings (SSSR count). The molecule has 35 heavy (non-hydrogen) atoms. The van der Waals surface area contributed by atoms with Crippen molar-refractivity contribution in [3.63, 3.8) is 0 Å². The molecule has 3 heterocycles. The Morgan fingerprint density at radius 3 is 2.63 bits per heavy atom. The fraction of sp³-hybridized carbons (Fsp3) is 0.444. The predicted molar refractivity (Wildman–Crippen MR) is 132 cm³/mol. The molecule has 1 saturated heterocycles. The lowest BCUT2D eigenvalue weighted by molar-refractivity contribution is -0.121. The van der Waals surface area contributed by atoms with Crippen LogP contribution in [0.25, 0.3) is 11.4 Å². The number of nitrogens with zero attached hydrogens (tertiary/aromatic N) is 3. The highest BCUT2D eigenvalue weighted by molar-refractivity contribution is 5.93. The fourth-order valence-corrected chi connectivity index (χ4v) is 4.53. The molecule has 0 spiro atoms. The first kappa shape index (κ1) is 23.4. The van der Waals surface area contributed by atoms with Crippen molar-refractivity contribution in [3.05, 3.63) is 53.9 Å². The topological polar surface area (TPSA) is 89.7 Å². The number of amides is 1. The highest BCUT2D eigenvalue weighted by atomic mass is 16.6. The van der Waals surface area contributed by atoms with Crippen LogP contribution < -0.4 is 14.8 Å². The molecular weight excluding hydrogens is 444 g/mol. The molecule has 1 amide bonds. The summed E-state index contributed by atoms with van der Waals surface area (Å²) in [7, 11) is 0. The molecule has 0 aliphatic carbocycles. The van der Waals surface area contributed by atoms with Crippen LogP contribution in [0, 0.1) is 5.92 Å². The van der Waals surface area contributed by atoms with Crippen molar-refractivity contribution in [1.82, 2.24) is 15.0 Å². The molecule has 2 aliphatic rings. The maximum Gasteiger partial charge on any atom is 0.241 e. The number of carbonyl (C=O) groups is 1. The highest BCUT2D eigenvalue weighted by Gasteiger charge is 2.27. The van der Waals surface area contributed by atoms with Gasteiger partial charge in [-0.25, -0.2) is 0 Å². The van der Waals surface area contributed by atoms with E-state index < -0.39 is 0 Å². The minimum Gasteiger partial charge on any atom is -0.486 e. The summed E-state index contributed by atoms with van der Waals surface area (Å²) in [6.07, 6.45) is 1.79. The summed E-state index contributed by atoms with van der Waals surface area (Å²) in [5.74, 6) is 2.43. The number of nitrogens with one attached hydrogen (secondary N) is 1. The maximum atomic E-state index is 13.0. The van der Waals surface area contributed by atoms with E-state index in [1.807, 2.05) is 30.3 Å². The minimum absolute atomic E-state index is 0.0107. The Hall–Kier alpha value is -3.39. The molecule has 1 N–H and O–H groups in total. The first-order chi connectivity index (χ1) is 16.8. The smallest absolute Gasteiger partial charge is 0.241 e. The number of benzene rings is 2. The van der Waals surface area contributed by atoms with Gasteiger partial charge in [-0.15, -0.1) is 0 Å². The van der Waals surface area contributed by atoms with Crippen LogP contribution in [0.3, 0.4) is 0 Å². The molecule has 1 aromatic heterocycles. The molecule has 8 nitrogen and oxygen atoms in total. The standard InChI is InChI=1S/C27H32N4O4/c1-27(2,3)20-8-6-18(7-9-20)25-29-24(35-30-25)17-31-12-4-5-19(16-31)26(32)28-21-10-11-22-23(15-21)34-14-13-33-22/h6-11,15,19H,4-5,12-14,16-17H2,1-3H3,(H,28,32). The van der Waals surface area contributed by atoms with E-state index in [0.29, 0.717) is 49.5 Å². The summed E-state index contributed by atoms with van der Waals surface area (Å²) < 4.78 is 16.7. The normalized spacial score (nSPS) is 18.3. The van der Waals surface area contributed by atoms with Gasteiger partial charge in [0.15, 0.2) is 11.5 Å². The van der Waals surface area contributed by atoms with Gasteiger partial charge in [0.05, 0.1) is 12.5 Å². The van der Waals surface area contributed by atoms with E-state index in [0.717, 1.165) is 30.6 Å². The van der Waals surface area contributed by atoms with Crippen molar-refractivity contribution in [2.24, 2.45) is 5.92 Å². The van der Waals surface area contributed by atoms with Gasteiger partial charge >= 0.3 is 0 Å². The van der Waals surface area contributed by atoms with Crippen molar-refractivity contribution < 1.29 is 18.8 Å². The average Bonchev–Trinajstić information content (AvgIpc) is 3.32. The van der Waals surface area contributed by atoms with Crippen LogP contribution in [-0.4, -0.2) is 47.3 Å². The predicted octanol–water partition coefficient (Wildman–Crippen LogP) is 4.66.